The lowest BCUT2D eigenvalue weighted by Gasteiger charge is -2.33. The van der Waals surface area contributed by atoms with E-state index >= 15 is 0 Å². The lowest BCUT2D eigenvalue weighted by atomic mass is 9.92. The van der Waals surface area contributed by atoms with Gasteiger partial charge in [-0.05, 0) is 37.3 Å². The minimum Gasteiger partial charge on any atom is -0.481 e. The average Bonchev–Trinajstić information content (AvgIpc) is 3.02. The first-order chi connectivity index (χ1) is 14.6. The van der Waals surface area contributed by atoms with E-state index in [9.17, 15) is 22.0 Å². The number of fused-ring (bicyclic) bond motifs is 1. The number of carboxylic acids is 1. The lowest BCUT2D eigenvalue weighted by Crippen LogP contribution is -2.35. The number of hydrogen-bond donors (Lipinski definition) is 1. The van der Waals surface area contributed by atoms with Crippen LogP contribution in [0.4, 0.5) is 14.6 Å². The number of rotatable bonds is 5. The first kappa shape index (κ1) is 21.9. The third-order valence-electron chi connectivity index (χ3n) is 5.72. The van der Waals surface area contributed by atoms with E-state index in [1.165, 1.54) is 0 Å². The molecule has 0 bridgehead atoms. The van der Waals surface area contributed by atoms with Crippen molar-refractivity contribution in [2.24, 2.45) is 5.92 Å². The molecule has 11 heteroatoms. The number of carbonyl (C=O) groups is 1. The predicted molar refractivity (Wildman–Crippen MR) is 111 cm³/mol. The van der Waals surface area contributed by atoms with Gasteiger partial charge in [0.1, 0.15) is 17.5 Å². The molecule has 1 fully saturated rings. The van der Waals surface area contributed by atoms with Crippen molar-refractivity contribution in [1.82, 2.24) is 9.97 Å². The smallest absolute Gasteiger partial charge is 0.303 e. The van der Waals surface area contributed by atoms with Crippen molar-refractivity contribution >= 4 is 33.2 Å². The van der Waals surface area contributed by atoms with E-state index in [1.54, 1.807) is 0 Å². The van der Waals surface area contributed by atoms with E-state index in [4.69, 9.17) is 16.7 Å². The van der Waals surface area contributed by atoms with Crippen LogP contribution in [0, 0.1) is 17.6 Å². The second-order valence-electron chi connectivity index (χ2n) is 7.94. The standard InChI is InChI=1S/C20H20ClF2N3O4S/c21-14-8-15(22)12(7-16(14)23)19-24-17-10-31(29,30)9-13(17)20(25-19)26-5-3-11(4-6-26)1-2-18(27)28/h7-8,11H,1-6,9-10H2,(H,27,28). The number of halogens is 3. The molecule has 0 atom stereocenters. The highest BCUT2D eigenvalue weighted by Gasteiger charge is 2.33. The van der Waals surface area contributed by atoms with E-state index in [1.807, 2.05) is 4.90 Å². The fourth-order valence-corrected chi connectivity index (χ4v) is 5.74. The largest absolute Gasteiger partial charge is 0.481 e. The number of benzene rings is 1. The molecule has 1 saturated heterocycles. The van der Waals surface area contributed by atoms with Gasteiger partial charge in [-0.3, -0.25) is 4.79 Å². The van der Waals surface area contributed by atoms with Crippen molar-refractivity contribution in [2.45, 2.75) is 37.2 Å². The maximum absolute atomic E-state index is 14.5. The van der Waals surface area contributed by atoms with E-state index in [-0.39, 0.29) is 40.3 Å². The molecule has 2 aliphatic heterocycles. The molecule has 3 heterocycles. The molecular weight excluding hydrogens is 452 g/mol. The Balaban J connectivity index is 1.69. The summed E-state index contributed by atoms with van der Waals surface area (Å²) in [5, 5.41) is 8.51. The quantitative estimate of drug-likeness (QED) is 0.665. The normalized spacial score (nSPS) is 18.2. The van der Waals surface area contributed by atoms with Crippen LogP contribution in [0.5, 0.6) is 0 Å². The summed E-state index contributed by atoms with van der Waals surface area (Å²) < 4.78 is 52.9. The number of hydrogen-bond acceptors (Lipinski definition) is 6. The molecule has 2 aromatic rings. The molecule has 0 saturated carbocycles. The highest BCUT2D eigenvalue weighted by molar-refractivity contribution is 7.90. The van der Waals surface area contributed by atoms with Crippen LogP contribution < -0.4 is 4.90 Å². The van der Waals surface area contributed by atoms with E-state index in [0.717, 1.165) is 25.0 Å². The zero-order valence-electron chi connectivity index (χ0n) is 16.4. The Kier molecular flexibility index (Phi) is 5.87. The number of anilines is 1. The predicted octanol–water partition coefficient (Wildman–Crippen LogP) is 3.58. The molecular formula is C20H20ClF2N3O4S. The summed E-state index contributed by atoms with van der Waals surface area (Å²) in [5.41, 5.74) is 0.594. The van der Waals surface area contributed by atoms with Crippen LogP contribution in [0.1, 0.15) is 36.9 Å². The molecule has 2 aliphatic rings. The average molecular weight is 472 g/mol. The summed E-state index contributed by atoms with van der Waals surface area (Å²) in [6.07, 6.45) is 2.16. The highest BCUT2D eigenvalue weighted by Crippen LogP contribution is 2.36. The second kappa shape index (κ2) is 8.31. The number of sulfone groups is 1. The molecule has 0 spiro atoms. The van der Waals surface area contributed by atoms with Gasteiger partial charge in [-0.1, -0.05) is 11.6 Å². The molecule has 0 aliphatic carbocycles. The van der Waals surface area contributed by atoms with Crippen LogP contribution in [0.15, 0.2) is 12.1 Å². The number of aromatic nitrogens is 2. The van der Waals surface area contributed by atoms with Crippen LogP contribution in [0.25, 0.3) is 11.4 Å². The molecule has 7 nitrogen and oxygen atoms in total. The van der Waals surface area contributed by atoms with E-state index in [2.05, 4.69) is 9.97 Å². The molecule has 0 radical (unpaired) electrons. The fraction of sp³-hybridized carbons (Fsp3) is 0.450. The Morgan fingerprint density at radius 2 is 1.87 bits per heavy atom. The Morgan fingerprint density at radius 1 is 1.16 bits per heavy atom. The molecule has 1 N–H and O–H groups in total. The summed E-state index contributed by atoms with van der Waals surface area (Å²) in [7, 11) is -3.40. The third kappa shape index (κ3) is 4.64. The second-order valence-corrected chi connectivity index (χ2v) is 10.4. The highest BCUT2D eigenvalue weighted by atomic mass is 35.5. The number of aliphatic carboxylic acids is 1. The first-order valence-corrected chi connectivity index (χ1v) is 12.0. The van der Waals surface area contributed by atoms with E-state index in [0.29, 0.717) is 36.6 Å². The van der Waals surface area contributed by atoms with E-state index < -0.39 is 27.4 Å². The van der Waals surface area contributed by atoms with Crippen molar-refractivity contribution in [3.05, 3.63) is 40.0 Å². The minimum atomic E-state index is -3.40. The van der Waals surface area contributed by atoms with Gasteiger partial charge in [0.25, 0.3) is 0 Å². The Hall–Kier alpha value is -2.33. The molecule has 166 valence electrons. The molecule has 1 aromatic heterocycles. The fourth-order valence-electron chi connectivity index (χ4n) is 4.10. The topological polar surface area (TPSA) is 100 Å². The summed E-state index contributed by atoms with van der Waals surface area (Å²) in [5.74, 6) is -2.36. The summed E-state index contributed by atoms with van der Waals surface area (Å²) in [4.78, 5) is 21.4. The van der Waals surface area contributed by atoms with Gasteiger partial charge in [0, 0.05) is 25.1 Å². The summed E-state index contributed by atoms with van der Waals surface area (Å²) in [6.45, 7) is 1.12. The zero-order valence-corrected chi connectivity index (χ0v) is 18.0. The number of piperidine rings is 1. The maximum atomic E-state index is 14.5. The first-order valence-electron chi connectivity index (χ1n) is 9.85. The third-order valence-corrected chi connectivity index (χ3v) is 7.45. The van der Waals surface area contributed by atoms with Crippen LogP contribution in [0.3, 0.4) is 0 Å². The zero-order chi connectivity index (χ0) is 22.3. The maximum Gasteiger partial charge on any atom is 0.303 e. The number of carboxylic acid groups (broad SMARTS) is 1. The molecule has 31 heavy (non-hydrogen) atoms. The Labute approximate surface area is 183 Å². The van der Waals surface area contributed by atoms with Crippen molar-refractivity contribution in [3.63, 3.8) is 0 Å². The van der Waals surface area contributed by atoms with Gasteiger partial charge < -0.3 is 10.0 Å². The van der Waals surface area contributed by atoms with Gasteiger partial charge in [0.15, 0.2) is 15.7 Å². The summed E-state index contributed by atoms with van der Waals surface area (Å²) in [6, 6.07) is 1.75. The van der Waals surface area contributed by atoms with Gasteiger partial charge in [-0.25, -0.2) is 27.2 Å². The minimum absolute atomic E-state index is 0.0908. The molecule has 1 aromatic carbocycles. The SMILES string of the molecule is O=C(O)CCC1CCN(c2nc(-c3cc(F)c(Cl)cc3F)nc3c2CS(=O)(=O)C3)CC1. The van der Waals surface area contributed by atoms with Gasteiger partial charge in [0.2, 0.25) is 0 Å². The van der Waals surface area contributed by atoms with Crippen molar-refractivity contribution in [1.29, 1.82) is 0 Å². The lowest BCUT2D eigenvalue weighted by molar-refractivity contribution is -0.137. The Bertz CT molecular complexity index is 1150. The van der Waals surface area contributed by atoms with Crippen LogP contribution in [-0.4, -0.2) is 42.6 Å². The van der Waals surface area contributed by atoms with Crippen LogP contribution in [0.2, 0.25) is 5.02 Å². The number of nitrogens with zero attached hydrogens (tertiary/aromatic N) is 3. The van der Waals surface area contributed by atoms with Crippen molar-refractivity contribution in [3.8, 4) is 11.4 Å². The monoisotopic (exact) mass is 471 g/mol. The van der Waals surface area contributed by atoms with Gasteiger partial charge in [-0.2, -0.15) is 0 Å². The van der Waals surface area contributed by atoms with Gasteiger partial charge in [-0.15, -0.1) is 0 Å². The molecule has 0 unspecified atom stereocenters. The van der Waals surface area contributed by atoms with Crippen molar-refractivity contribution in [2.75, 3.05) is 18.0 Å². The van der Waals surface area contributed by atoms with Crippen molar-refractivity contribution < 1.29 is 27.1 Å². The molecule has 0 amide bonds. The Morgan fingerprint density at radius 3 is 2.55 bits per heavy atom. The van der Waals surface area contributed by atoms with Crippen LogP contribution in [-0.2, 0) is 26.1 Å². The van der Waals surface area contributed by atoms with Gasteiger partial charge in [0.05, 0.1) is 27.8 Å². The molecule has 4 rings (SSSR count). The van der Waals surface area contributed by atoms with Crippen LogP contribution >= 0.6 is 11.6 Å². The van der Waals surface area contributed by atoms with Gasteiger partial charge >= 0.3 is 5.97 Å². The summed E-state index contributed by atoms with van der Waals surface area (Å²) >= 11 is 5.64.